The number of aromatic amines is 1. The molecule has 1 aliphatic carbocycles. The average Bonchev–Trinajstić information content (AvgIpc) is 3.32. The molecule has 1 aliphatic rings. The molecular weight excluding hydrogens is 326 g/mol. The van der Waals surface area contributed by atoms with Crippen LogP contribution in [0.5, 0.6) is 0 Å². The molecule has 0 spiro atoms. The Morgan fingerprint density at radius 2 is 2.21 bits per heavy atom. The summed E-state index contributed by atoms with van der Waals surface area (Å²) in [5.41, 5.74) is 2.57. The molecule has 1 saturated carbocycles. The number of halogens is 1. The van der Waals surface area contributed by atoms with Crippen LogP contribution in [-0.2, 0) is 4.79 Å². The molecule has 1 N–H and O–H groups in total. The van der Waals surface area contributed by atoms with Crippen LogP contribution in [0.4, 0.5) is 0 Å². The molecule has 0 aromatic carbocycles. The highest BCUT2D eigenvalue weighted by Crippen LogP contribution is 2.37. The van der Waals surface area contributed by atoms with Crippen molar-refractivity contribution in [2.45, 2.75) is 38.1 Å². The van der Waals surface area contributed by atoms with Gasteiger partial charge in [0.25, 0.3) is 0 Å². The number of carbonyl (C=O) groups is 1. The monoisotopic (exact) mass is 343 g/mol. The van der Waals surface area contributed by atoms with Crippen molar-refractivity contribution in [2.75, 3.05) is 0 Å². The highest BCUT2D eigenvalue weighted by molar-refractivity contribution is 6.63. The summed E-state index contributed by atoms with van der Waals surface area (Å²) in [6.07, 6.45) is 12.1. The highest BCUT2D eigenvalue weighted by atomic mass is 35.5. The summed E-state index contributed by atoms with van der Waals surface area (Å²) in [6.45, 7) is 0. The number of aromatic nitrogens is 5. The predicted octanol–water partition coefficient (Wildman–Crippen LogP) is 3.71. The molecule has 24 heavy (non-hydrogen) atoms. The van der Waals surface area contributed by atoms with Gasteiger partial charge in [0.05, 0.1) is 17.9 Å². The van der Waals surface area contributed by atoms with Crippen molar-refractivity contribution in [3.05, 3.63) is 31.0 Å². The number of nitrogens with one attached hydrogen (secondary N) is 1. The molecule has 0 radical (unpaired) electrons. The number of hydrogen-bond donors (Lipinski definition) is 1. The summed E-state index contributed by atoms with van der Waals surface area (Å²) < 4.78 is 1.90. The van der Waals surface area contributed by atoms with E-state index in [4.69, 9.17) is 11.6 Å². The van der Waals surface area contributed by atoms with Crippen LogP contribution in [0.3, 0.4) is 0 Å². The molecule has 124 valence electrons. The van der Waals surface area contributed by atoms with Crippen LogP contribution < -0.4 is 0 Å². The van der Waals surface area contributed by atoms with Gasteiger partial charge < -0.3 is 4.98 Å². The topological polar surface area (TPSA) is 76.5 Å². The Morgan fingerprint density at radius 1 is 1.38 bits per heavy atom. The Bertz CT molecular complexity index is 865. The van der Waals surface area contributed by atoms with Gasteiger partial charge in [0.1, 0.15) is 12.0 Å². The zero-order valence-corrected chi connectivity index (χ0v) is 13.9. The minimum Gasteiger partial charge on any atom is -0.346 e. The van der Waals surface area contributed by atoms with Crippen LogP contribution in [0.2, 0.25) is 0 Å². The smallest absolute Gasteiger partial charge is 0.223 e. The van der Waals surface area contributed by atoms with E-state index in [9.17, 15) is 4.79 Å². The molecule has 6 nitrogen and oxygen atoms in total. The molecule has 0 bridgehead atoms. The number of rotatable bonds is 5. The van der Waals surface area contributed by atoms with E-state index < -0.39 is 0 Å². The number of carbonyl (C=O) groups excluding carboxylic acids is 1. The summed E-state index contributed by atoms with van der Waals surface area (Å²) >= 11 is 5.68. The zero-order valence-electron chi connectivity index (χ0n) is 13.2. The Labute approximate surface area is 144 Å². The highest BCUT2D eigenvalue weighted by Gasteiger charge is 2.29. The third-order valence-electron chi connectivity index (χ3n) is 4.88. The summed E-state index contributed by atoms with van der Waals surface area (Å²) in [5, 5.41) is 5.17. The van der Waals surface area contributed by atoms with Crippen molar-refractivity contribution >= 4 is 27.9 Å². The van der Waals surface area contributed by atoms with Crippen molar-refractivity contribution in [3.8, 4) is 11.3 Å². The van der Waals surface area contributed by atoms with E-state index in [1.807, 2.05) is 23.1 Å². The molecule has 4 rings (SSSR count). The van der Waals surface area contributed by atoms with Crippen molar-refractivity contribution < 1.29 is 4.79 Å². The van der Waals surface area contributed by atoms with Gasteiger partial charge in [-0.25, -0.2) is 9.97 Å². The molecule has 3 aromatic rings. The van der Waals surface area contributed by atoms with Gasteiger partial charge in [-0.1, -0.05) is 12.8 Å². The van der Waals surface area contributed by atoms with Gasteiger partial charge in [-0.05, 0) is 36.4 Å². The van der Waals surface area contributed by atoms with Crippen molar-refractivity contribution in [1.29, 1.82) is 0 Å². The molecule has 0 saturated heterocycles. The third-order valence-corrected chi connectivity index (χ3v) is 5.04. The maximum Gasteiger partial charge on any atom is 0.223 e. The molecule has 3 heterocycles. The Morgan fingerprint density at radius 3 is 3.00 bits per heavy atom. The second-order valence-electron chi connectivity index (χ2n) is 6.34. The fourth-order valence-electron chi connectivity index (χ4n) is 3.73. The lowest BCUT2D eigenvalue weighted by molar-refractivity contribution is -0.112. The van der Waals surface area contributed by atoms with E-state index >= 15 is 0 Å². The molecule has 0 aliphatic heterocycles. The van der Waals surface area contributed by atoms with E-state index in [1.54, 1.807) is 12.5 Å². The summed E-state index contributed by atoms with van der Waals surface area (Å²) in [6, 6.07) is 1.98. The Hall–Kier alpha value is -2.21. The lowest BCUT2D eigenvalue weighted by atomic mass is 9.96. The van der Waals surface area contributed by atoms with Crippen LogP contribution in [0.25, 0.3) is 22.3 Å². The van der Waals surface area contributed by atoms with Crippen molar-refractivity contribution in [3.63, 3.8) is 0 Å². The number of nitrogens with zero attached hydrogens (tertiary/aromatic N) is 4. The van der Waals surface area contributed by atoms with Gasteiger partial charge in [0.2, 0.25) is 5.24 Å². The summed E-state index contributed by atoms with van der Waals surface area (Å²) in [7, 11) is 0. The summed E-state index contributed by atoms with van der Waals surface area (Å²) in [4.78, 5) is 23.2. The molecule has 3 aromatic heterocycles. The molecule has 0 amide bonds. The van der Waals surface area contributed by atoms with Crippen LogP contribution in [-0.4, -0.2) is 30.0 Å². The maximum absolute atomic E-state index is 11.5. The lowest BCUT2D eigenvalue weighted by Gasteiger charge is -2.22. The normalized spacial score (nSPS) is 16.7. The number of fused-ring (bicyclic) bond motifs is 1. The first kappa shape index (κ1) is 15.3. The fourth-order valence-corrected chi connectivity index (χ4v) is 3.89. The minimum atomic E-state index is -0.306. The molecular formula is C17H18ClN5O. The first-order valence-electron chi connectivity index (χ1n) is 8.23. The number of hydrogen-bond acceptors (Lipinski definition) is 4. The van der Waals surface area contributed by atoms with Crippen molar-refractivity contribution in [2.24, 2.45) is 5.92 Å². The summed E-state index contributed by atoms with van der Waals surface area (Å²) in [5.74, 6) is 0.457. The van der Waals surface area contributed by atoms with Crippen LogP contribution >= 0.6 is 11.6 Å². The van der Waals surface area contributed by atoms with E-state index in [1.165, 1.54) is 12.8 Å². The van der Waals surface area contributed by atoms with Gasteiger partial charge in [-0.2, -0.15) is 5.10 Å². The second kappa shape index (κ2) is 6.36. The maximum atomic E-state index is 11.5. The molecule has 1 unspecified atom stereocenters. The second-order valence-corrected chi connectivity index (χ2v) is 6.76. The van der Waals surface area contributed by atoms with E-state index in [0.29, 0.717) is 12.3 Å². The van der Waals surface area contributed by atoms with Crippen molar-refractivity contribution in [1.82, 2.24) is 24.7 Å². The van der Waals surface area contributed by atoms with Crippen LogP contribution in [0.15, 0.2) is 31.0 Å². The van der Waals surface area contributed by atoms with Crippen LogP contribution in [0.1, 0.15) is 38.1 Å². The molecule has 1 fully saturated rings. The van der Waals surface area contributed by atoms with E-state index in [2.05, 4.69) is 20.1 Å². The predicted molar refractivity (Wildman–Crippen MR) is 91.6 cm³/mol. The largest absolute Gasteiger partial charge is 0.346 e. The SMILES string of the molecule is O=C(Cl)CC(C1CCCC1)n1cc(-c2ncnc3[nH]ccc23)cn1. The van der Waals surface area contributed by atoms with E-state index in [-0.39, 0.29) is 11.3 Å². The van der Waals surface area contributed by atoms with Gasteiger partial charge in [-0.15, -0.1) is 0 Å². The molecule has 7 heteroatoms. The standard InChI is InChI=1S/C17H18ClN5O/c18-15(24)7-14(11-3-1-2-4-11)23-9-12(8-22-23)16-13-5-6-19-17(13)21-10-20-16/h5-6,8-11,14H,1-4,7H2,(H,19,20,21). The lowest BCUT2D eigenvalue weighted by Crippen LogP contribution is -2.20. The van der Waals surface area contributed by atoms with Gasteiger partial charge in [0.15, 0.2) is 0 Å². The quantitative estimate of drug-likeness (QED) is 0.716. The minimum absolute atomic E-state index is 0.0230. The Balaban J connectivity index is 1.69. The molecule has 1 atom stereocenters. The van der Waals surface area contributed by atoms with Gasteiger partial charge in [-0.3, -0.25) is 9.48 Å². The fraction of sp³-hybridized carbons (Fsp3) is 0.412. The first-order chi connectivity index (χ1) is 11.7. The number of H-pyrrole nitrogens is 1. The van der Waals surface area contributed by atoms with E-state index in [0.717, 1.165) is 35.1 Å². The zero-order chi connectivity index (χ0) is 16.5. The third kappa shape index (κ3) is 2.82. The van der Waals surface area contributed by atoms with Gasteiger partial charge in [0, 0.05) is 29.8 Å². The Kier molecular flexibility index (Phi) is 4.06. The average molecular weight is 344 g/mol. The van der Waals surface area contributed by atoms with Gasteiger partial charge >= 0.3 is 0 Å². The first-order valence-corrected chi connectivity index (χ1v) is 8.61. The van der Waals surface area contributed by atoms with Crippen LogP contribution in [0, 0.1) is 5.92 Å².